The summed E-state index contributed by atoms with van der Waals surface area (Å²) in [5.41, 5.74) is 2.79. The number of likely N-dealkylation sites (tertiary alicyclic amines) is 1. The van der Waals surface area contributed by atoms with Gasteiger partial charge in [-0.25, -0.2) is 0 Å². The Hall–Kier alpha value is -4.26. The van der Waals surface area contributed by atoms with Crippen molar-refractivity contribution in [2.45, 2.75) is 19.5 Å². The van der Waals surface area contributed by atoms with E-state index in [1.54, 1.807) is 37.4 Å². The van der Waals surface area contributed by atoms with Gasteiger partial charge in [0.2, 0.25) is 0 Å². The topological polar surface area (TPSA) is 85.3 Å². The number of carbonyl (C=O) groups is 2. The van der Waals surface area contributed by atoms with Gasteiger partial charge in [0, 0.05) is 6.54 Å². The molecule has 1 atom stereocenters. The van der Waals surface area contributed by atoms with Crippen molar-refractivity contribution in [3.05, 3.63) is 94.6 Å². The minimum absolute atomic E-state index is 0.000615. The summed E-state index contributed by atoms with van der Waals surface area (Å²) < 4.78 is 15.9. The van der Waals surface area contributed by atoms with Gasteiger partial charge in [-0.1, -0.05) is 42.0 Å². The smallest absolute Gasteiger partial charge is 0.295 e. The van der Waals surface area contributed by atoms with Crippen LogP contribution in [0.5, 0.6) is 17.2 Å². The van der Waals surface area contributed by atoms with Crippen molar-refractivity contribution in [3.63, 3.8) is 0 Å². The van der Waals surface area contributed by atoms with Crippen LogP contribution in [0.4, 0.5) is 0 Å². The average molecular weight is 474 g/mol. The summed E-state index contributed by atoms with van der Waals surface area (Å²) in [6.45, 7) is 2.11. The van der Waals surface area contributed by atoms with Crippen molar-refractivity contribution < 1.29 is 28.9 Å². The first-order valence-corrected chi connectivity index (χ1v) is 11.1. The fourth-order valence-corrected chi connectivity index (χ4v) is 4.30. The molecule has 7 heteroatoms. The molecule has 35 heavy (non-hydrogen) atoms. The first-order valence-electron chi connectivity index (χ1n) is 11.1. The number of ether oxygens (including phenoxy) is 3. The molecule has 0 bridgehead atoms. The minimum Gasteiger partial charge on any atom is -0.507 e. The van der Waals surface area contributed by atoms with E-state index in [0.29, 0.717) is 17.2 Å². The SMILES string of the molecule is COc1ccc(CN2C(=O)C(=O)/C(=C(/O)c3cc(OC)ccc3OC)C2c2cccc(C)c2)cc1. The van der Waals surface area contributed by atoms with Gasteiger partial charge in [0.1, 0.15) is 23.0 Å². The molecule has 1 aliphatic heterocycles. The number of aliphatic hydroxyl groups excluding tert-OH is 1. The lowest BCUT2D eigenvalue weighted by Crippen LogP contribution is -2.29. The zero-order valence-electron chi connectivity index (χ0n) is 20.1. The first-order chi connectivity index (χ1) is 16.9. The molecule has 3 aromatic carbocycles. The number of aliphatic hydroxyl groups is 1. The molecular formula is C28H27NO6. The van der Waals surface area contributed by atoms with Crippen molar-refractivity contribution in [1.29, 1.82) is 0 Å². The molecule has 1 aliphatic rings. The largest absolute Gasteiger partial charge is 0.507 e. The molecule has 7 nitrogen and oxygen atoms in total. The highest BCUT2D eigenvalue weighted by Gasteiger charge is 2.46. The summed E-state index contributed by atoms with van der Waals surface area (Å²) in [6, 6.07) is 19.0. The molecule has 0 spiro atoms. The summed E-state index contributed by atoms with van der Waals surface area (Å²) in [4.78, 5) is 28.1. The van der Waals surface area contributed by atoms with Gasteiger partial charge in [-0.15, -0.1) is 0 Å². The third kappa shape index (κ3) is 4.57. The Morgan fingerprint density at radius 3 is 2.20 bits per heavy atom. The van der Waals surface area contributed by atoms with Crippen LogP contribution in [0.25, 0.3) is 5.76 Å². The maximum Gasteiger partial charge on any atom is 0.295 e. The van der Waals surface area contributed by atoms with Crippen molar-refractivity contribution in [2.24, 2.45) is 0 Å². The quantitative estimate of drug-likeness (QED) is 0.306. The lowest BCUT2D eigenvalue weighted by molar-refractivity contribution is -0.140. The summed E-state index contributed by atoms with van der Waals surface area (Å²) in [5, 5.41) is 11.4. The predicted molar refractivity (Wildman–Crippen MR) is 132 cm³/mol. The summed E-state index contributed by atoms with van der Waals surface area (Å²) in [7, 11) is 4.56. The first kappa shape index (κ1) is 23.9. The lowest BCUT2D eigenvalue weighted by atomic mass is 9.94. The van der Waals surface area contributed by atoms with E-state index >= 15 is 0 Å². The van der Waals surface area contributed by atoms with Crippen LogP contribution in [-0.4, -0.2) is 43.0 Å². The van der Waals surface area contributed by atoms with E-state index < -0.39 is 17.7 Å². The third-order valence-corrected chi connectivity index (χ3v) is 6.07. The fraction of sp³-hybridized carbons (Fsp3) is 0.214. The molecule has 4 rings (SSSR count). The standard InChI is InChI=1S/C28H27NO6/c1-17-6-5-7-19(14-17)25-24(26(30)22-15-21(34-3)12-13-23(22)35-4)27(31)28(32)29(25)16-18-8-10-20(33-2)11-9-18/h5-15,25,30H,16H2,1-4H3/b26-24+. The number of methoxy groups -OCH3 is 3. The van der Waals surface area contributed by atoms with Gasteiger partial charge in [0.25, 0.3) is 11.7 Å². The van der Waals surface area contributed by atoms with Crippen LogP contribution in [-0.2, 0) is 16.1 Å². The van der Waals surface area contributed by atoms with Crippen molar-refractivity contribution in [2.75, 3.05) is 21.3 Å². The maximum absolute atomic E-state index is 13.3. The molecular weight excluding hydrogens is 446 g/mol. The van der Waals surface area contributed by atoms with Crippen molar-refractivity contribution >= 4 is 17.4 Å². The second kappa shape index (κ2) is 9.93. The van der Waals surface area contributed by atoms with Crippen LogP contribution in [0.2, 0.25) is 0 Å². The average Bonchev–Trinajstić information content (AvgIpc) is 3.13. The molecule has 0 saturated carbocycles. The third-order valence-electron chi connectivity index (χ3n) is 6.07. The predicted octanol–water partition coefficient (Wildman–Crippen LogP) is 4.64. The van der Waals surface area contributed by atoms with Gasteiger partial charge < -0.3 is 24.2 Å². The van der Waals surface area contributed by atoms with E-state index in [4.69, 9.17) is 14.2 Å². The minimum atomic E-state index is -0.784. The molecule has 1 N–H and O–H groups in total. The monoisotopic (exact) mass is 473 g/mol. The van der Waals surface area contributed by atoms with Gasteiger partial charge in [-0.05, 0) is 48.4 Å². The van der Waals surface area contributed by atoms with Crippen LogP contribution in [0.15, 0.2) is 72.3 Å². The number of benzene rings is 3. The van der Waals surface area contributed by atoms with Crippen molar-refractivity contribution in [3.8, 4) is 17.2 Å². The molecule has 1 amide bonds. The lowest BCUT2D eigenvalue weighted by Gasteiger charge is -2.26. The number of amides is 1. The van der Waals surface area contributed by atoms with Gasteiger partial charge in [-0.2, -0.15) is 0 Å². The molecule has 1 heterocycles. The summed E-state index contributed by atoms with van der Waals surface area (Å²) in [6.07, 6.45) is 0. The Morgan fingerprint density at radius 2 is 1.57 bits per heavy atom. The number of carbonyl (C=O) groups excluding carboxylic acids is 2. The van der Waals surface area contributed by atoms with Crippen LogP contribution < -0.4 is 14.2 Å². The van der Waals surface area contributed by atoms with E-state index in [2.05, 4.69) is 0 Å². The number of ketones is 1. The molecule has 0 aliphatic carbocycles. The summed E-state index contributed by atoms with van der Waals surface area (Å²) in [5.74, 6) is -0.235. The van der Waals surface area contributed by atoms with Gasteiger partial charge >= 0.3 is 0 Å². The number of Topliss-reactive ketones (excluding diaryl/α,β-unsaturated/α-hetero) is 1. The number of hydrogen-bond acceptors (Lipinski definition) is 6. The zero-order valence-corrected chi connectivity index (χ0v) is 20.1. The highest BCUT2D eigenvalue weighted by Crippen LogP contribution is 2.42. The van der Waals surface area contributed by atoms with Crippen LogP contribution >= 0.6 is 0 Å². The van der Waals surface area contributed by atoms with Gasteiger partial charge in [0.05, 0.1) is 38.5 Å². The van der Waals surface area contributed by atoms with E-state index in [1.165, 1.54) is 19.1 Å². The Bertz CT molecular complexity index is 1300. The normalized spacial score (nSPS) is 16.9. The molecule has 1 fully saturated rings. The zero-order chi connectivity index (χ0) is 25.1. The molecule has 1 saturated heterocycles. The number of hydrogen-bond donors (Lipinski definition) is 1. The van der Waals surface area contributed by atoms with Crippen LogP contribution in [0, 0.1) is 6.92 Å². The van der Waals surface area contributed by atoms with E-state index in [1.807, 2.05) is 43.3 Å². The molecule has 0 aromatic heterocycles. The molecule has 0 radical (unpaired) electrons. The van der Waals surface area contributed by atoms with Gasteiger partial charge in [0.15, 0.2) is 0 Å². The van der Waals surface area contributed by atoms with E-state index in [9.17, 15) is 14.7 Å². The van der Waals surface area contributed by atoms with Crippen LogP contribution in [0.1, 0.15) is 28.3 Å². The number of rotatable bonds is 7. The molecule has 180 valence electrons. The van der Waals surface area contributed by atoms with E-state index in [-0.39, 0.29) is 23.4 Å². The van der Waals surface area contributed by atoms with E-state index in [0.717, 1.165) is 16.7 Å². The Kier molecular flexibility index (Phi) is 6.78. The second-order valence-corrected chi connectivity index (χ2v) is 8.26. The summed E-state index contributed by atoms with van der Waals surface area (Å²) >= 11 is 0. The fourth-order valence-electron chi connectivity index (χ4n) is 4.30. The maximum atomic E-state index is 13.3. The highest BCUT2D eigenvalue weighted by atomic mass is 16.5. The molecule has 3 aromatic rings. The molecule has 1 unspecified atom stereocenters. The Morgan fingerprint density at radius 1 is 0.886 bits per heavy atom. The Balaban J connectivity index is 1.88. The van der Waals surface area contributed by atoms with Gasteiger partial charge in [-0.3, -0.25) is 9.59 Å². The Labute approximate surface area is 204 Å². The number of nitrogens with zero attached hydrogens (tertiary/aromatic N) is 1. The van der Waals surface area contributed by atoms with Crippen LogP contribution in [0.3, 0.4) is 0 Å². The second-order valence-electron chi connectivity index (χ2n) is 8.26. The highest BCUT2D eigenvalue weighted by molar-refractivity contribution is 6.46. The number of aryl methyl sites for hydroxylation is 1. The van der Waals surface area contributed by atoms with Crippen molar-refractivity contribution in [1.82, 2.24) is 4.90 Å².